The van der Waals surface area contributed by atoms with Gasteiger partial charge in [0.15, 0.2) is 0 Å². The van der Waals surface area contributed by atoms with Crippen LogP contribution in [0.3, 0.4) is 0 Å². The molecular weight excluding hydrogens is 316 g/mol. The summed E-state index contributed by atoms with van der Waals surface area (Å²) in [4.78, 5) is 18.5. The van der Waals surface area contributed by atoms with Gasteiger partial charge in [0.2, 0.25) is 5.91 Å². The zero-order chi connectivity index (χ0) is 17.1. The number of aromatic nitrogens is 2. The molecule has 138 valence electrons. The Bertz CT molecular complexity index is 586. The van der Waals surface area contributed by atoms with E-state index in [0.29, 0.717) is 25.6 Å². The van der Waals surface area contributed by atoms with Crippen LogP contribution in [0.15, 0.2) is 12.5 Å². The Kier molecular flexibility index (Phi) is 5.08. The maximum Gasteiger partial charge on any atom is 0.222 e. The Morgan fingerprint density at radius 2 is 2.04 bits per heavy atom. The second-order valence-corrected chi connectivity index (χ2v) is 7.92. The van der Waals surface area contributed by atoms with Crippen molar-refractivity contribution in [2.75, 3.05) is 26.2 Å². The average molecular weight is 346 g/mol. The van der Waals surface area contributed by atoms with Crippen molar-refractivity contribution in [3.63, 3.8) is 0 Å². The summed E-state index contributed by atoms with van der Waals surface area (Å²) in [5.74, 6) is 0.121. The predicted molar refractivity (Wildman–Crippen MR) is 95.2 cm³/mol. The smallest absolute Gasteiger partial charge is 0.222 e. The second kappa shape index (κ2) is 7.46. The maximum absolute atomic E-state index is 11.6. The van der Waals surface area contributed by atoms with Gasteiger partial charge < -0.3 is 14.6 Å². The van der Waals surface area contributed by atoms with Crippen molar-refractivity contribution in [3.8, 4) is 0 Å². The third-order valence-electron chi connectivity index (χ3n) is 6.21. The molecular formula is C19H30N4O2. The van der Waals surface area contributed by atoms with E-state index in [9.17, 15) is 4.79 Å². The van der Waals surface area contributed by atoms with Crippen LogP contribution >= 0.6 is 0 Å². The van der Waals surface area contributed by atoms with Gasteiger partial charge in [-0.25, -0.2) is 4.98 Å². The number of hydrogen-bond acceptors (Lipinski definition) is 4. The minimum absolute atomic E-state index is 0.121. The molecule has 0 radical (unpaired) electrons. The molecule has 25 heavy (non-hydrogen) atoms. The molecule has 3 fully saturated rings. The lowest BCUT2D eigenvalue weighted by Gasteiger charge is -2.41. The number of carbonyl (C=O) groups excluding carboxylic acids is 1. The molecule has 0 bridgehead atoms. The molecule has 1 aromatic heterocycles. The van der Waals surface area contributed by atoms with E-state index in [-0.39, 0.29) is 11.5 Å². The molecule has 6 nitrogen and oxygen atoms in total. The van der Waals surface area contributed by atoms with Gasteiger partial charge in [-0.05, 0) is 25.7 Å². The molecule has 1 aliphatic carbocycles. The van der Waals surface area contributed by atoms with E-state index in [4.69, 9.17) is 4.74 Å². The topological polar surface area (TPSA) is 59.4 Å². The SMILES string of the molecule is O=C1CCOC2(CCN(Cc3cncn3C3CCCCC3)CC2)CN1. The van der Waals surface area contributed by atoms with Crippen LogP contribution in [0, 0.1) is 0 Å². The molecule has 1 N–H and O–H groups in total. The number of ether oxygens (including phenoxy) is 1. The highest BCUT2D eigenvalue weighted by atomic mass is 16.5. The lowest BCUT2D eigenvalue weighted by Crippen LogP contribution is -2.50. The van der Waals surface area contributed by atoms with Crippen molar-refractivity contribution < 1.29 is 9.53 Å². The van der Waals surface area contributed by atoms with Crippen LogP contribution in [0.4, 0.5) is 0 Å². The summed E-state index contributed by atoms with van der Waals surface area (Å²) in [5.41, 5.74) is 1.20. The standard InChI is InChI=1S/C19H30N4O2/c24-18-6-11-25-19(14-21-18)7-9-22(10-8-19)13-17-12-20-15-23(17)16-4-2-1-3-5-16/h12,15-16H,1-11,13-14H2,(H,21,24). The van der Waals surface area contributed by atoms with E-state index in [2.05, 4.69) is 19.8 Å². The van der Waals surface area contributed by atoms with Crippen molar-refractivity contribution in [3.05, 3.63) is 18.2 Å². The van der Waals surface area contributed by atoms with E-state index in [1.165, 1.54) is 37.8 Å². The average Bonchev–Trinajstić information content (AvgIpc) is 3.03. The summed E-state index contributed by atoms with van der Waals surface area (Å²) in [6.07, 6.45) is 13.2. The molecule has 3 aliphatic rings. The van der Waals surface area contributed by atoms with Crippen molar-refractivity contribution in [1.82, 2.24) is 19.8 Å². The largest absolute Gasteiger partial charge is 0.373 e. The van der Waals surface area contributed by atoms with Crippen LogP contribution in [0.5, 0.6) is 0 Å². The molecule has 1 spiro atoms. The number of carbonyl (C=O) groups is 1. The Hall–Kier alpha value is -1.40. The van der Waals surface area contributed by atoms with Gasteiger partial charge >= 0.3 is 0 Å². The highest BCUT2D eigenvalue weighted by molar-refractivity contribution is 5.76. The monoisotopic (exact) mass is 346 g/mol. The summed E-state index contributed by atoms with van der Waals surface area (Å²) in [6, 6.07) is 0.641. The number of likely N-dealkylation sites (tertiary alicyclic amines) is 1. The summed E-state index contributed by atoms with van der Waals surface area (Å²) < 4.78 is 8.50. The van der Waals surface area contributed by atoms with Gasteiger partial charge in [0.05, 0.1) is 24.2 Å². The molecule has 0 atom stereocenters. The van der Waals surface area contributed by atoms with Crippen LogP contribution in [-0.4, -0.2) is 52.2 Å². The number of piperidine rings is 1. The van der Waals surface area contributed by atoms with Crippen molar-refractivity contribution in [2.45, 2.75) is 69.6 Å². The van der Waals surface area contributed by atoms with Gasteiger partial charge in [0, 0.05) is 44.8 Å². The number of nitrogens with zero attached hydrogens (tertiary/aromatic N) is 3. The first kappa shape index (κ1) is 17.0. The van der Waals surface area contributed by atoms with Crippen molar-refractivity contribution in [1.29, 1.82) is 0 Å². The summed E-state index contributed by atoms with van der Waals surface area (Å²) in [5, 5.41) is 3.02. The fourth-order valence-electron chi connectivity index (χ4n) is 4.57. The molecule has 4 rings (SSSR count). The zero-order valence-corrected chi connectivity index (χ0v) is 15.1. The quantitative estimate of drug-likeness (QED) is 0.912. The van der Waals surface area contributed by atoms with Crippen molar-refractivity contribution >= 4 is 5.91 Å². The van der Waals surface area contributed by atoms with Gasteiger partial charge in [-0.1, -0.05) is 19.3 Å². The van der Waals surface area contributed by atoms with Gasteiger partial charge in [-0.2, -0.15) is 0 Å². The molecule has 0 aromatic carbocycles. The third-order valence-corrected chi connectivity index (χ3v) is 6.21. The van der Waals surface area contributed by atoms with Gasteiger partial charge in [-0.15, -0.1) is 0 Å². The Labute approximate surface area is 149 Å². The first-order valence-electron chi connectivity index (χ1n) is 9.88. The fourth-order valence-corrected chi connectivity index (χ4v) is 4.57. The number of amides is 1. The molecule has 6 heteroatoms. The van der Waals surface area contributed by atoms with Crippen LogP contribution in [0.1, 0.15) is 63.1 Å². The van der Waals surface area contributed by atoms with Crippen LogP contribution in [-0.2, 0) is 16.1 Å². The Morgan fingerprint density at radius 1 is 1.24 bits per heavy atom. The summed E-state index contributed by atoms with van der Waals surface area (Å²) in [7, 11) is 0. The van der Waals surface area contributed by atoms with E-state index in [0.717, 1.165) is 32.5 Å². The van der Waals surface area contributed by atoms with Gasteiger partial charge in [-0.3, -0.25) is 9.69 Å². The first-order chi connectivity index (χ1) is 12.2. The van der Waals surface area contributed by atoms with Gasteiger partial charge in [0.1, 0.15) is 0 Å². The van der Waals surface area contributed by atoms with Crippen molar-refractivity contribution in [2.24, 2.45) is 0 Å². The van der Waals surface area contributed by atoms with Crippen LogP contribution in [0.2, 0.25) is 0 Å². The molecule has 0 unspecified atom stereocenters. The van der Waals surface area contributed by atoms with Crippen LogP contribution in [0.25, 0.3) is 0 Å². The van der Waals surface area contributed by atoms with E-state index < -0.39 is 0 Å². The Balaban J connectivity index is 1.34. The van der Waals surface area contributed by atoms with E-state index >= 15 is 0 Å². The zero-order valence-electron chi connectivity index (χ0n) is 15.1. The van der Waals surface area contributed by atoms with Crippen LogP contribution < -0.4 is 5.32 Å². The normalized spacial score (nSPS) is 25.7. The highest BCUT2D eigenvalue weighted by Crippen LogP contribution is 2.31. The maximum atomic E-state index is 11.6. The molecule has 3 heterocycles. The number of hydrogen-bond donors (Lipinski definition) is 1. The first-order valence-corrected chi connectivity index (χ1v) is 9.88. The minimum Gasteiger partial charge on any atom is -0.373 e. The lowest BCUT2D eigenvalue weighted by atomic mass is 9.91. The number of nitrogens with one attached hydrogen (secondary N) is 1. The molecule has 2 saturated heterocycles. The predicted octanol–water partition coefficient (Wildman–Crippen LogP) is 2.26. The molecule has 2 aliphatic heterocycles. The second-order valence-electron chi connectivity index (χ2n) is 7.92. The summed E-state index contributed by atoms with van der Waals surface area (Å²) >= 11 is 0. The molecule has 1 saturated carbocycles. The molecule has 1 aromatic rings. The fraction of sp³-hybridized carbons (Fsp3) is 0.789. The number of imidazole rings is 1. The van der Waals surface area contributed by atoms with Gasteiger partial charge in [0.25, 0.3) is 0 Å². The lowest BCUT2D eigenvalue weighted by molar-refractivity contribution is -0.120. The number of rotatable bonds is 3. The van der Waals surface area contributed by atoms with E-state index in [1.807, 2.05) is 12.5 Å². The molecule has 1 amide bonds. The summed E-state index contributed by atoms with van der Waals surface area (Å²) in [6.45, 7) is 4.23. The Morgan fingerprint density at radius 3 is 2.84 bits per heavy atom. The minimum atomic E-state index is -0.147. The van der Waals surface area contributed by atoms with E-state index in [1.54, 1.807) is 0 Å². The highest BCUT2D eigenvalue weighted by Gasteiger charge is 2.37. The third kappa shape index (κ3) is 3.90.